The van der Waals surface area contributed by atoms with Gasteiger partial charge in [-0.15, -0.1) is 0 Å². The number of benzene rings is 2. The van der Waals surface area contributed by atoms with Gasteiger partial charge in [0.25, 0.3) is 0 Å². The van der Waals surface area contributed by atoms with Crippen LogP contribution in [0.15, 0.2) is 48.5 Å². The first kappa shape index (κ1) is 12.9. The molecule has 0 spiro atoms. The van der Waals surface area contributed by atoms with Gasteiger partial charge in [0.2, 0.25) is 0 Å². The predicted octanol–water partition coefficient (Wildman–Crippen LogP) is 3.56. The van der Waals surface area contributed by atoms with Gasteiger partial charge >= 0.3 is 0 Å². The highest BCUT2D eigenvalue weighted by atomic mass is 35.5. The SMILES string of the molecule is NC(COc1ccc(F)cc1)c1cccc(Cl)c1. The third kappa shape index (κ3) is 3.45. The van der Waals surface area contributed by atoms with Crippen LogP contribution in [0.25, 0.3) is 0 Å². The summed E-state index contributed by atoms with van der Waals surface area (Å²) < 4.78 is 18.2. The minimum Gasteiger partial charge on any atom is -0.492 e. The molecule has 2 rings (SSSR count). The maximum absolute atomic E-state index is 12.7. The lowest BCUT2D eigenvalue weighted by molar-refractivity contribution is 0.290. The van der Waals surface area contributed by atoms with Gasteiger partial charge in [-0.25, -0.2) is 4.39 Å². The summed E-state index contributed by atoms with van der Waals surface area (Å²) in [5.74, 6) is 0.301. The van der Waals surface area contributed by atoms with E-state index in [9.17, 15) is 4.39 Å². The maximum atomic E-state index is 12.7. The number of halogens is 2. The molecule has 0 saturated heterocycles. The molecule has 2 N–H and O–H groups in total. The number of hydrogen-bond donors (Lipinski definition) is 1. The molecule has 1 unspecified atom stereocenters. The van der Waals surface area contributed by atoms with E-state index < -0.39 is 0 Å². The molecule has 2 aromatic rings. The Kier molecular flexibility index (Phi) is 4.18. The van der Waals surface area contributed by atoms with Crippen LogP contribution in [0, 0.1) is 5.82 Å². The van der Waals surface area contributed by atoms with Crippen molar-refractivity contribution in [2.24, 2.45) is 5.73 Å². The van der Waals surface area contributed by atoms with Crippen LogP contribution in [-0.2, 0) is 0 Å². The molecule has 0 aliphatic heterocycles. The molecule has 2 nitrogen and oxygen atoms in total. The van der Waals surface area contributed by atoms with Gasteiger partial charge in [-0.3, -0.25) is 0 Å². The summed E-state index contributed by atoms with van der Waals surface area (Å²) in [6.07, 6.45) is 0. The highest BCUT2D eigenvalue weighted by Gasteiger charge is 2.07. The second-order valence-corrected chi connectivity index (χ2v) is 4.36. The lowest BCUT2D eigenvalue weighted by Crippen LogP contribution is -2.18. The van der Waals surface area contributed by atoms with Gasteiger partial charge in [-0.05, 0) is 42.0 Å². The molecule has 0 bridgehead atoms. The summed E-state index contributed by atoms with van der Waals surface area (Å²) in [6.45, 7) is 0.311. The zero-order valence-electron chi connectivity index (χ0n) is 9.64. The van der Waals surface area contributed by atoms with Crippen LogP contribution >= 0.6 is 11.6 Å². The van der Waals surface area contributed by atoms with Crippen LogP contribution < -0.4 is 10.5 Å². The van der Waals surface area contributed by atoms with E-state index in [1.54, 1.807) is 24.3 Å². The van der Waals surface area contributed by atoms with E-state index in [4.69, 9.17) is 22.1 Å². The van der Waals surface area contributed by atoms with E-state index in [1.807, 2.05) is 12.1 Å². The van der Waals surface area contributed by atoms with Crippen molar-refractivity contribution in [1.29, 1.82) is 0 Å². The van der Waals surface area contributed by atoms with Crippen molar-refractivity contribution >= 4 is 11.6 Å². The predicted molar refractivity (Wildman–Crippen MR) is 70.3 cm³/mol. The van der Waals surface area contributed by atoms with Crippen molar-refractivity contribution in [1.82, 2.24) is 0 Å². The molecule has 94 valence electrons. The Morgan fingerprint density at radius 2 is 1.89 bits per heavy atom. The molecular weight excluding hydrogens is 253 g/mol. The van der Waals surface area contributed by atoms with E-state index in [-0.39, 0.29) is 11.9 Å². The van der Waals surface area contributed by atoms with E-state index in [1.165, 1.54) is 12.1 Å². The van der Waals surface area contributed by atoms with Crippen LogP contribution in [0.3, 0.4) is 0 Å². The average Bonchev–Trinajstić information content (AvgIpc) is 2.38. The van der Waals surface area contributed by atoms with Crippen LogP contribution in [0.5, 0.6) is 5.75 Å². The highest BCUT2D eigenvalue weighted by Crippen LogP contribution is 2.18. The van der Waals surface area contributed by atoms with Gasteiger partial charge in [0, 0.05) is 5.02 Å². The largest absolute Gasteiger partial charge is 0.492 e. The van der Waals surface area contributed by atoms with E-state index in [2.05, 4.69) is 0 Å². The second kappa shape index (κ2) is 5.85. The molecule has 0 saturated carbocycles. The monoisotopic (exact) mass is 265 g/mol. The van der Waals surface area contributed by atoms with Gasteiger partial charge in [-0.1, -0.05) is 23.7 Å². The Balaban J connectivity index is 1.96. The number of hydrogen-bond acceptors (Lipinski definition) is 2. The van der Waals surface area contributed by atoms with Crippen molar-refractivity contribution in [2.45, 2.75) is 6.04 Å². The van der Waals surface area contributed by atoms with Gasteiger partial charge < -0.3 is 10.5 Å². The molecule has 2 aromatic carbocycles. The first-order valence-electron chi connectivity index (χ1n) is 5.54. The molecule has 0 aliphatic rings. The van der Waals surface area contributed by atoms with Crippen molar-refractivity contribution in [2.75, 3.05) is 6.61 Å². The Morgan fingerprint density at radius 1 is 1.17 bits per heavy atom. The van der Waals surface area contributed by atoms with Gasteiger partial charge in [0.1, 0.15) is 18.2 Å². The lowest BCUT2D eigenvalue weighted by Gasteiger charge is -2.13. The van der Waals surface area contributed by atoms with Gasteiger partial charge in [-0.2, -0.15) is 0 Å². The number of ether oxygens (including phenoxy) is 1. The fourth-order valence-electron chi connectivity index (χ4n) is 1.55. The third-order valence-electron chi connectivity index (χ3n) is 2.52. The molecule has 0 amide bonds. The van der Waals surface area contributed by atoms with E-state index in [0.717, 1.165) is 5.56 Å². The van der Waals surface area contributed by atoms with Crippen molar-refractivity contribution < 1.29 is 9.13 Å². The van der Waals surface area contributed by atoms with Crippen LogP contribution in [0.4, 0.5) is 4.39 Å². The summed E-state index contributed by atoms with van der Waals surface area (Å²) in [4.78, 5) is 0. The Labute approximate surface area is 110 Å². The minimum absolute atomic E-state index is 0.270. The third-order valence-corrected chi connectivity index (χ3v) is 2.76. The Hall–Kier alpha value is -1.58. The molecule has 18 heavy (non-hydrogen) atoms. The minimum atomic E-state index is -0.290. The van der Waals surface area contributed by atoms with Crippen LogP contribution in [0.1, 0.15) is 11.6 Å². The first-order chi connectivity index (χ1) is 8.65. The van der Waals surface area contributed by atoms with Gasteiger partial charge in [0.15, 0.2) is 0 Å². The number of nitrogens with two attached hydrogens (primary N) is 1. The van der Waals surface area contributed by atoms with Gasteiger partial charge in [0.05, 0.1) is 6.04 Å². The van der Waals surface area contributed by atoms with E-state index in [0.29, 0.717) is 17.4 Å². The van der Waals surface area contributed by atoms with Crippen molar-refractivity contribution in [3.63, 3.8) is 0 Å². The normalized spacial score (nSPS) is 12.2. The topological polar surface area (TPSA) is 35.2 Å². The summed E-state index contributed by atoms with van der Waals surface area (Å²) in [5.41, 5.74) is 6.89. The quantitative estimate of drug-likeness (QED) is 0.917. The first-order valence-corrected chi connectivity index (χ1v) is 5.92. The average molecular weight is 266 g/mol. The molecule has 0 aromatic heterocycles. The Bertz CT molecular complexity index is 515. The Morgan fingerprint density at radius 3 is 2.56 bits per heavy atom. The summed E-state index contributed by atoms with van der Waals surface area (Å²) in [5, 5.41) is 0.643. The maximum Gasteiger partial charge on any atom is 0.123 e. The molecule has 0 aliphatic carbocycles. The standard InChI is InChI=1S/C14H13ClFNO/c15-11-3-1-2-10(8-11)14(17)9-18-13-6-4-12(16)5-7-13/h1-8,14H,9,17H2. The van der Waals surface area contributed by atoms with Crippen LogP contribution in [0.2, 0.25) is 5.02 Å². The fraction of sp³-hybridized carbons (Fsp3) is 0.143. The molecule has 0 radical (unpaired) electrons. The number of rotatable bonds is 4. The van der Waals surface area contributed by atoms with Crippen LogP contribution in [-0.4, -0.2) is 6.61 Å². The fourth-order valence-corrected chi connectivity index (χ4v) is 1.75. The highest BCUT2D eigenvalue weighted by molar-refractivity contribution is 6.30. The van der Waals surface area contributed by atoms with E-state index >= 15 is 0 Å². The molecule has 0 fully saturated rings. The molecular formula is C14H13ClFNO. The lowest BCUT2D eigenvalue weighted by atomic mass is 10.1. The molecule has 4 heteroatoms. The summed E-state index contributed by atoms with van der Waals surface area (Å²) >= 11 is 5.89. The second-order valence-electron chi connectivity index (χ2n) is 3.93. The van der Waals surface area contributed by atoms with Crippen molar-refractivity contribution in [3.05, 3.63) is 64.9 Å². The zero-order chi connectivity index (χ0) is 13.0. The molecule has 0 heterocycles. The summed E-state index contributed by atoms with van der Waals surface area (Å²) in [6, 6.07) is 12.9. The van der Waals surface area contributed by atoms with Crippen molar-refractivity contribution in [3.8, 4) is 5.75 Å². The summed E-state index contributed by atoms with van der Waals surface area (Å²) in [7, 11) is 0. The zero-order valence-corrected chi connectivity index (χ0v) is 10.4. The molecule has 1 atom stereocenters. The smallest absolute Gasteiger partial charge is 0.123 e.